The van der Waals surface area contributed by atoms with Crippen molar-refractivity contribution in [3.8, 4) is 11.5 Å². The molecule has 0 aliphatic rings. The van der Waals surface area contributed by atoms with Crippen molar-refractivity contribution in [1.82, 2.24) is 15.6 Å². The van der Waals surface area contributed by atoms with E-state index in [-0.39, 0.29) is 18.1 Å². The molecule has 0 aliphatic heterocycles. The molecule has 0 radical (unpaired) electrons. The molecule has 2 amide bonds. The van der Waals surface area contributed by atoms with Gasteiger partial charge in [0, 0.05) is 11.2 Å². The number of nitrogens with zero attached hydrogens (tertiary/aromatic N) is 1. The zero-order valence-electron chi connectivity index (χ0n) is 14.3. The number of ether oxygens (including phenoxy) is 2. The molecule has 0 fully saturated rings. The minimum atomic E-state index is -0.465. The summed E-state index contributed by atoms with van der Waals surface area (Å²) in [6, 6.07) is 10.2. The van der Waals surface area contributed by atoms with Crippen LogP contribution in [0.2, 0.25) is 5.02 Å². The summed E-state index contributed by atoms with van der Waals surface area (Å²) in [5, 5.41) is 5.53. The van der Waals surface area contributed by atoms with Crippen LogP contribution in [0.4, 0.5) is 0 Å². The highest BCUT2D eigenvalue weighted by Crippen LogP contribution is 2.17. The van der Waals surface area contributed by atoms with Crippen LogP contribution in [-0.2, 0) is 4.79 Å². The number of hydrogen-bond donors (Lipinski definition) is 2. The smallest absolute Gasteiger partial charge is 0.270 e. The second-order valence-corrected chi connectivity index (χ2v) is 5.58. The molecule has 2 N–H and O–H groups in total. The topological polar surface area (TPSA) is 89.5 Å². The molecular formula is C18H20ClN3O4. The fourth-order valence-electron chi connectivity index (χ4n) is 2.00. The molecule has 0 saturated carbocycles. The number of carbonyl (C=O) groups excluding carboxylic acids is 2. The van der Waals surface area contributed by atoms with Gasteiger partial charge in [0.05, 0.1) is 19.7 Å². The Kier molecular flexibility index (Phi) is 7.70. The summed E-state index contributed by atoms with van der Waals surface area (Å²) < 4.78 is 10.9. The largest absolute Gasteiger partial charge is 0.494 e. The molecule has 2 aromatic rings. The molecule has 0 unspecified atom stereocenters. The zero-order chi connectivity index (χ0) is 18.8. The minimum absolute atomic E-state index is 0.157. The Bertz CT molecular complexity index is 737. The molecule has 0 aliphatic carbocycles. The number of halogens is 1. The van der Waals surface area contributed by atoms with E-state index >= 15 is 0 Å². The van der Waals surface area contributed by atoms with Gasteiger partial charge in [-0.05, 0) is 43.3 Å². The molecular weight excluding hydrogens is 358 g/mol. The van der Waals surface area contributed by atoms with Gasteiger partial charge in [0.25, 0.3) is 5.91 Å². The van der Waals surface area contributed by atoms with Crippen LogP contribution in [0.15, 0.2) is 42.6 Å². The summed E-state index contributed by atoms with van der Waals surface area (Å²) in [5.74, 6) is 0.671. The van der Waals surface area contributed by atoms with E-state index in [4.69, 9.17) is 21.1 Å². The van der Waals surface area contributed by atoms with Crippen LogP contribution in [0.25, 0.3) is 0 Å². The average molecular weight is 378 g/mol. The predicted molar refractivity (Wildman–Crippen MR) is 97.7 cm³/mol. The van der Waals surface area contributed by atoms with Crippen molar-refractivity contribution in [2.45, 2.75) is 6.92 Å². The van der Waals surface area contributed by atoms with Gasteiger partial charge in [-0.15, -0.1) is 0 Å². The van der Waals surface area contributed by atoms with E-state index in [0.29, 0.717) is 30.5 Å². The van der Waals surface area contributed by atoms with Crippen LogP contribution in [-0.4, -0.2) is 43.1 Å². The number of amides is 2. The van der Waals surface area contributed by atoms with Gasteiger partial charge in [-0.25, -0.2) is 0 Å². The Labute approximate surface area is 156 Å². The first-order valence-corrected chi connectivity index (χ1v) is 8.48. The number of rotatable bonds is 9. The Balaban J connectivity index is 1.63. The van der Waals surface area contributed by atoms with Gasteiger partial charge >= 0.3 is 0 Å². The molecule has 0 saturated heterocycles. The molecule has 0 bridgehead atoms. The third kappa shape index (κ3) is 6.60. The first-order chi connectivity index (χ1) is 12.6. The maximum atomic E-state index is 11.8. The van der Waals surface area contributed by atoms with Crippen LogP contribution >= 0.6 is 11.6 Å². The molecule has 1 heterocycles. The minimum Gasteiger partial charge on any atom is -0.494 e. The third-order valence-corrected chi connectivity index (χ3v) is 3.43. The third-order valence-electron chi connectivity index (χ3n) is 3.19. The zero-order valence-corrected chi connectivity index (χ0v) is 15.1. The molecule has 7 nitrogen and oxygen atoms in total. The molecule has 0 atom stereocenters. The molecule has 1 aromatic heterocycles. The number of benzene rings is 1. The summed E-state index contributed by atoms with van der Waals surface area (Å²) in [7, 11) is 0. The standard InChI is InChI=1S/C18H20ClN3O4/c1-2-25-14-3-5-15(6-4-14)26-10-9-21-17(23)12-22-18(24)16-11-13(19)7-8-20-16/h3-8,11H,2,9-10,12H2,1H3,(H,21,23)(H,22,24). The first-order valence-electron chi connectivity index (χ1n) is 8.10. The van der Waals surface area contributed by atoms with E-state index in [0.717, 1.165) is 5.75 Å². The number of nitrogens with one attached hydrogen (secondary N) is 2. The molecule has 26 heavy (non-hydrogen) atoms. The van der Waals surface area contributed by atoms with Crippen LogP contribution in [0.3, 0.4) is 0 Å². The summed E-state index contributed by atoms with van der Waals surface area (Å²) in [5.41, 5.74) is 0.157. The molecule has 8 heteroatoms. The monoisotopic (exact) mass is 377 g/mol. The van der Waals surface area contributed by atoms with E-state index in [9.17, 15) is 9.59 Å². The lowest BCUT2D eigenvalue weighted by molar-refractivity contribution is -0.120. The summed E-state index contributed by atoms with van der Waals surface area (Å²) in [4.78, 5) is 27.5. The van der Waals surface area contributed by atoms with Crippen LogP contribution in [0, 0.1) is 0 Å². The average Bonchev–Trinajstić information content (AvgIpc) is 2.65. The Hall–Kier alpha value is -2.80. The maximum Gasteiger partial charge on any atom is 0.270 e. The van der Waals surface area contributed by atoms with Gasteiger partial charge < -0.3 is 20.1 Å². The lowest BCUT2D eigenvalue weighted by atomic mass is 10.3. The maximum absolute atomic E-state index is 11.8. The molecule has 0 spiro atoms. The fourth-order valence-corrected chi connectivity index (χ4v) is 2.16. The molecule has 138 valence electrons. The SMILES string of the molecule is CCOc1ccc(OCCNC(=O)CNC(=O)c2cc(Cl)ccn2)cc1. The van der Waals surface area contributed by atoms with E-state index in [1.54, 1.807) is 18.2 Å². The van der Waals surface area contributed by atoms with Crippen molar-refractivity contribution in [1.29, 1.82) is 0 Å². The highest BCUT2D eigenvalue weighted by atomic mass is 35.5. The summed E-state index contributed by atoms with van der Waals surface area (Å²) in [6.07, 6.45) is 1.43. The van der Waals surface area contributed by atoms with E-state index < -0.39 is 5.91 Å². The first kappa shape index (κ1) is 19.5. The predicted octanol–water partition coefficient (Wildman–Crippen LogP) is 2.06. The van der Waals surface area contributed by atoms with Gasteiger partial charge in [-0.3, -0.25) is 14.6 Å². The van der Waals surface area contributed by atoms with Crippen molar-refractivity contribution < 1.29 is 19.1 Å². The fraction of sp³-hybridized carbons (Fsp3) is 0.278. The van der Waals surface area contributed by atoms with Gasteiger partial charge in [-0.2, -0.15) is 0 Å². The van der Waals surface area contributed by atoms with Crippen molar-refractivity contribution >= 4 is 23.4 Å². The lowest BCUT2D eigenvalue weighted by Gasteiger charge is -2.09. The van der Waals surface area contributed by atoms with Gasteiger partial charge in [0.15, 0.2) is 0 Å². The molecule has 2 rings (SSSR count). The normalized spacial score (nSPS) is 10.1. The summed E-state index contributed by atoms with van der Waals surface area (Å²) in [6.45, 7) is 2.99. The number of carbonyl (C=O) groups is 2. The van der Waals surface area contributed by atoms with Crippen molar-refractivity contribution in [2.24, 2.45) is 0 Å². The van der Waals surface area contributed by atoms with E-state index in [2.05, 4.69) is 15.6 Å². The summed E-state index contributed by atoms with van der Waals surface area (Å²) >= 11 is 5.79. The van der Waals surface area contributed by atoms with Crippen LogP contribution < -0.4 is 20.1 Å². The Morgan fingerprint density at radius 3 is 2.42 bits per heavy atom. The van der Waals surface area contributed by atoms with Crippen molar-refractivity contribution in [2.75, 3.05) is 26.3 Å². The Morgan fingerprint density at radius 2 is 1.77 bits per heavy atom. The molecule has 1 aromatic carbocycles. The number of aromatic nitrogens is 1. The highest BCUT2D eigenvalue weighted by molar-refractivity contribution is 6.30. The van der Waals surface area contributed by atoms with Gasteiger partial charge in [0.2, 0.25) is 5.91 Å². The second-order valence-electron chi connectivity index (χ2n) is 5.14. The van der Waals surface area contributed by atoms with Gasteiger partial charge in [-0.1, -0.05) is 11.6 Å². The van der Waals surface area contributed by atoms with Crippen LogP contribution in [0.5, 0.6) is 11.5 Å². The van der Waals surface area contributed by atoms with Crippen LogP contribution in [0.1, 0.15) is 17.4 Å². The lowest BCUT2D eigenvalue weighted by Crippen LogP contribution is -2.38. The number of hydrogen-bond acceptors (Lipinski definition) is 5. The van der Waals surface area contributed by atoms with Crippen molar-refractivity contribution in [3.63, 3.8) is 0 Å². The van der Waals surface area contributed by atoms with E-state index in [1.807, 2.05) is 19.1 Å². The number of pyridine rings is 1. The highest BCUT2D eigenvalue weighted by Gasteiger charge is 2.09. The van der Waals surface area contributed by atoms with E-state index in [1.165, 1.54) is 12.3 Å². The van der Waals surface area contributed by atoms with Gasteiger partial charge in [0.1, 0.15) is 23.8 Å². The quantitative estimate of drug-likeness (QED) is 0.653. The Morgan fingerprint density at radius 1 is 1.08 bits per heavy atom. The second kappa shape index (κ2) is 10.2. The van der Waals surface area contributed by atoms with Crippen molar-refractivity contribution in [3.05, 3.63) is 53.3 Å².